The van der Waals surface area contributed by atoms with Crippen LogP contribution in [0.3, 0.4) is 0 Å². The molecule has 1 aliphatic rings. The van der Waals surface area contributed by atoms with Crippen molar-refractivity contribution < 1.29 is 13.6 Å². The van der Waals surface area contributed by atoms with Crippen LogP contribution in [0.5, 0.6) is 0 Å². The van der Waals surface area contributed by atoms with E-state index in [0.717, 1.165) is 44.1 Å². The first-order valence-electron chi connectivity index (χ1n) is 5.98. The van der Waals surface area contributed by atoms with E-state index >= 15 is 0 Å². The molecule has 0 saturated carbocycles. The van der Waals surface area contributed by atoms with Gasteiger partial charge < -0.3 is 10.6 Å². The minimum atomic E-state index is -0.694. The lowest BCUT2D eigenvalue weighted by Crippen LogP contribution is -2.42. The number of piperidine rings is 1. The number of hydrogen-bond acceptors (Lipinski definition) is 2. The lowest BCUT2D eigenvalue weighted by Gasteiger charge is -2.32. The van der Waals surface area contributed by atoms with Crippen molar-refractivity contribution in [1.29, 1.82) is 0 Å². The molecule has 0 bridgehead atoms. The fraction of sp³-hybridized carbons (Fsp3) is 0.462. The quantitative estimate of drug-likeness (QED) is 0.879. The predicted molar refractivity (Wildman–Crippen MR) is 72.4 cm³/mol. The topological polar surface area (TPSA) is 41.1 Å². The van der Waals surface area contributed by atoms with E-state index in [1.807, 2.05) is 6.92 Å². The molecular weight excluding hydrogens is 274 g/mol. The monoisotopic (exact) mass is 290 g/mol. The van der Waals surface area contributed by atoms with Crippen LogP contribution in [0.4, 0.5) is 14.5 Å². The van der Waals surface area contributed by atoms with Gasteiger partial charge in [0.1, 0.15) is 11.6 Å². The molecule has 0 aliphatic carbocycles. The van der Waals surface area contributed by atoms with Crippen LogP contribution in [0.25, 0.3) is 0 Å². The van der Waals surface area contributed by atoms with Gasteiger partial charge in [-0.3, -0.25) is 4.79 Å². The van der Waals surface area contributed by atoms with Crippen LogP contribution in [0.1, 0.15) is 19.8 Å². The van der Waals surface area contributed by atoms with E-state index in [1.54, 1.807) is 0 Å². The van der Waals surface area contributed by atoms with E-state index < -0.39 is 17.0 Å². The van der Waals surface area contributed by atoms with E-state index in [0.29, 0.717) is 0 Å². The molecule has 1 saturated heterocycles. The molecule has 0 radical (unpaired) electrons. The Morgan fingerprint density at radius 3 is 2.26 bits per heavy atom. The number of amides is 1. The molecule has 1 fully saturated rings. The Balaban J connectivity index is 0.00000180. The van der Waals surface area contributed by atoms with Gasteiger partial charge in [0, 0.05) is 17.2 Å². The second-order valence-corrected chi connectivity index (χ2v) is 4.92. The molecule has 0 atom stereocenters. The van der Waals surface area contributed by atoms with Crippen molar-refractivity contribution in [2.75, 3.05) is 18.4 Å². The van der Waals surface area contributed by atoms with Crippen LogP contribution in [0.15, 0.2) is 18.2 Å². The van der Waals surface area contributed by atoms with Crippen molar-refractivity contribution in [1.82, 2.24) is 5.32 Å². The summed E-state index contributed by atoms with van der Waals surface area (Å²) in [5.74, 6) is -1.57. The van der Waals surface area contributed by atoms with Gasteiger partial charge in [-0.15, -0.1) is 12.4 Å². The summed E-state index contributed by atoms with van der Waals surface area (Å²) in [5, 5.41) is 5.76. The van der Waals surface area contributed by atoms with Gasteiger partial charge in [-0.1, -0.05) is 6.92 Å². The zero-order chi connectivity index (χ0) is 13.2. The van der Waals surface area contributed by atoms with Crippen molar-refractivity contribution in [3.8, 4) is 0 Å². The minimum absolute atomic E-state index is 0. The molecule has 6 heteroatoms. The first-order valence-corrected chi connectivity index (χ1v) is 5.98. The third-order valence-electron chi connectivity index (χ3n) is 3.38. The maximum Gasteiger partial charge on any atom is 0.230 e. The first-order chi connectivity index (χ1) is 8.49. The van der Waals surface area contributed by atoms with Crippen LogP contribution in [-0.2, 0) is 4.79 Å². The van der Waals surface area contributed by atoms with E-state index in [1.165, 1.54) is 0 Å². The summed E-state index contributed by atoms with van der Waals surface area (Å²) in [6, 6.07) is 3.01. The van der Waals surface area contributed by atoms with E-state index in [-0.39, 0.29) is 24.0 Å². The van der Waals surface area contributed by atoms with Crippen molar-refractivity contribution in [3.63, 3.8) is 0 Å². The second kappa shape index (κ2) is 6.30. The highest BCUT2D eigenvalue weighted by Gasteiger charge is 2.34. The summed E-state index contributed by atoms with van der Waals surface area (Å²) < 4.78 is 26.0. The normalized spacial score (nSPS) is 17.4. The molecule has 1 aliphatic heterocycles. The molecular formula is C13H17ClF2N2O. The number of halogens is 3. The van der Waals surface area contributed by atoms with E-state index in [9.17, 15) is 13.6 Å². The van der Waals surface area contributed by atoms with Crippen molar-refractivity contribution in [2.45, 2.75) is 19.8 Å². The summed E-state index contributed by atoms with van der Waals surface area (Å²) in [5.41, 5.74) is -0.314. The summed E-state index contributed by atoms with van der Waals surface area (Å²) >= 11 is 0. The highest BCUT2D eigenvalue weighted by molar-refractivity contribution is 5.95. The lowest BCUT2D eigenvalue weighted by atomic mass is 9.80. The third-order valence-corrected chi connectivity index (χ3v) is 3.38. The number of anilines is 1. The van der Waals surface area contributed by atoms with Crippen LogP contribution in [0, 0.1) is 17.0 Å². The molecule has 0 aromatic heterocycles. The Kier molecular flexibility index (Phi) is 5.26. The largest absolute Gasteiger partial charge is 0.325 e. The van der Waals surface area contributed by atoms with Gasteiger partial charge in [-0.05, 0) is 38.1 Å². The number of nitrogens with one attached hydrogen (secondary N) is 2. The fourth-order valence-electron chi connectivity index (χ4n) is 2.11. The number of benzene rings is 1. The highest BCUT2D eigenvalue weighted by Crippen LogP contribution is 2.29. The number of hydrogen-bond donors (Lipinski definition) is 2. The first kappa shape index (κ1) is 15.9. The van der Waals surface area contributed by atoms with Gasteiger partial charge in [-0.2, -0.15) is 0 Å². The SMILES string of the molecule is CC1(C(=O)Nc2cc(F)cc(F)c2)CCNCC1.Cl. The number of carbonyl (C=O) groups excluding carboxylic acids is 1. The molecule has 1 heterocycles. The van der Waals surface area contributed by atoms with Gasteiger partial charge in [0.05, 0.1) is 0 Å². The molecule has 0 unspecified atom stereocenters. The smallest absolute Gasteiger partial charge is 0.230 e. The molecule has 1 aromatic rings. The molecule has 2 rings (SSSR count). The summed E-state index contributed by atoms with van der Waals surface area (Å²) in [6.07, 6.45) is 1.44. The predicted octanol–water partition coefficient (Wildman–Crippen LogP) is 2.71. The maximum atomic E-state index is 13.0. The lowest BCUT2D eigenvalue weighted by molar-refractivity contribution is -0.126. The zero-order valence-electron chi connectivity index (χ0n) is 10.6. The summed E-state index contributed by atoms with van der Waals surface area (Å²) in [7, 11) is 0. The minimum Gasteiger partial charge on any atom is -0.325 e. The fourth-order valence-corrected chi connectivity index (χ4v) is 2.11. The van der Waals surface area contributed by atoms with Gasteiger partial charge in [0.2, 0.25) is 5.91 Å². The third kappa shape index (κ3) is 3.88. The second-order valence-electron chi connectivity index (χ2n) is 4.92. The Morgan fingerprint density at radius 2 is 1.74 bits per heavy atom. The Labute approximate surface area is 117 Å². The summed E-state index contributed by atoms with van der Waals surface area (Å²) in [4.78, 5) is 12.1. The molecule has 106 valence electrons. The van der Waals surface area contributed by atoms with Crippen molar-refractivity contribution in [2.24, 2.45) is 5.41 Å². The highest BCUT2D eigenvalue weighted by atomic mass is 35.5. The molecule has 0 spiro atoms. The van der Waals surface area contributed by atoms with Crippen molar-refractivity contribution in [3.05, 3.63) is 29.8 Å². The van der Waals surface area contributed by atoms with E-state index in [2.05, 4.69) is 10.6 Å². The number of carbonyl (C=O) groups is 1. The van der Waals surface area contributed by atoms with Gasteiger partial charge >= 0.3 is 0 Å². The molecule has 3 nitrogen and oxygen atoms in total. The van der Waals surface area contributed by atoms with Crippen LogP contribution >= 0.6 is 12.4 Å². The van der Waals surface area contributed by atoms with Crippen LogP contribution in [0.2, 0.25) is 0 Å². The van der Waals surface area contributed by atoms with Crippen molar-refractivity contribution >= 4 is 24.0 Å². The van der Waals surface area contributed by atoms with Gasteiger partial charge in [0.25, 0.3) is 0 Å². The van der Waals surface area contributed by atoms with Crippen LogP contribution in [-0.4, -0.2) is 19.0 Å². The standard InChI is InChI=1S/C13H16F2N2O.ClH/c1-13(2-4-16-5-3-13)12(18)17-11-7-9(14)6-10(15)8-11;/h6-8,16H,2-5H2,1H3,(H,17,18);1H. The van der Waals surface area contributed by atoms with E-state index in [4.69, 9.17) is 0 Å². The van der Waals surface area contributed by atoms with Gasteiger partial charge in [0.15, 0.2) is 0 Å². The molecule has 19 heavy (non-hydrogen) atoms. The zero-order valence-corrected chi connectivity index (χ0v) is 11.4. The molecule has 2 N–H and O–H groups in total. The number of rotatable bonds is 2. The van der Waals surface area contributed by atoms with Gasteiger partial charge in [-0.25, -0.2) is 8.78 Å². The average Bonchev–Trinajstić information content (AvgIpc) is 2.28. The molecule has 1 aromatic carbocycles. The molecule has 1 amide bonds. The summed E-state index contributed by atoms with van der Waals surface area (Å²) in [6.45, 7) is 3.43. The Morgan fingerprint density at radius 1 is 1.21 bits per heavy atom. The Bertz CT molecular complexity index is 442. The van der Waals surface area contributed by atoms with Crippen LogP contribution < -0.4 is 10.6 Å². The average molecular weight is 291 g/mol. The maximum absolute atomic E-state index is 13.0. The Hall–Kier alpha value is -1.20.